The number of nitrogens with zero attached hydrogens (tertiary/aromatic N) is 1. The molecule has 1 amide bonds. The molecule has 0 radical (unpaired) electrons. The Labute approximate surface area is 114 Å². The minimum atomic E-state index is -0.565. The Morgan fingerprint density at radius 1 is 1.26 bits per heavy atom. The number of Topliss-reactive ketones (excluding diaryl/α,β-unsaturated/α-hetero) is 1. The number of esters is 1. The van der Waals surface area contributed by atoms with Crippen LogP contribution in [0.1, 0.15) is 52.9 Å². The summed E-state index contributed by atoms with van der Waals surface area (Å²) in [6.45, 7) is 6.00. The number of likely N-dealkylation sites (tertiary alicyclic amines) is 1. The first kappa shape index (κ1) is 15.7. The first-order valence-electron chi connectivity index (χ1n) is 6.99. The van der Waals surface area contributed by atoms with Crippen LogP contribution >= 0.6 is 0 Å². The lowest BCUT2D eigenvalue weighted by atomic mass is 10.0. The van der Waals surface area contributed by atoms with Crippen molar-refractivity contribution in [2.24, 2.45) is 5.92 Å². The van der Waals surface area contributed by atoms with E-state index >= 15 is 0 Å². The third kappa shape index (κ3) is 4.65. The van der Waals surface area contributed by atoms with Crippen molar-refractivity contribution in [2.45, 2.75) is 59.1 Å². The van der Waals surface area contributed by atoms with Gasteiger partial charge >= 0.3 is 5.97 Å². The van der Waals surface area contributed by atoms with Gasteiger partial charge in [0.25, 0.3) is 5.91 Å². The van der Waals surface area contributed by atoms with E-state index in [1.807, 2.05) is 13.8 Å². The molecule has 0 spiro atoms. The molecule has 0 aromatic rings. The molecule has 5 nitrogen and oxygen atoms in total. The van der Waals surface area contributed by atoms with Gasteiger partial charge in [-0.25, -0.2) is 0 Å². The Bertz CT molecular complexity index is 351. The van der Waals surface area contributed by atoms with Crippen LogP contribution in [0.3, 0.4) is 0 Å². The molecule has 1 fully saturated rings. The maximum Gasteiger partial charge on any atom is 0.307 e. The fourth-order valence-corrected chi connectivity index (χ4v) is 2.11. The van der Waals surface area contributed by atoms with Crippen LogP contribution in [-0.4, -0.2) is 35.3 Å². The van der Waals surface area contributed by atoms with Gasteiger partial charge in [0.15, 0.2) is 6.23 Å². The normalized spacial score (nSPS) is 19.4. The molecule has 0 aromatic carbocycles. The Morgan fingerprint density at radius 3 is 2.53 bits per heavy atom. The molecule has 1 heterocycles. The molecule has 0 aliphatic carbocycles. The number of carbonyl (C=O) groups excluding carboxylic acids is 3. The van der Waals surface area contributed by atoms with Crippen molar-refractivity contribution in [2.75, 3.05) is 6.54 Å². The predicted molar refractivity (Wildman–Crippen MR) is 70.2 cm³/mol. The van der Waals surface area contributed by atoms with E-state index < -0.39 is 17.9 Å². The van der Waals surface area contributed by atoms with Crippen molar-refractivity contribution >= 4 is 17.7 Å². The van der Waals surface area contributed by atoms with Crippen molar-refractivity contribution in [3.8, 4) is 0 Å². The molecule has 1 aliphatic rings. The summed E-state index contributed by atoms with van der Waals surface area (Å²) in [5.74, 6) is -1.09. The molecule has 1 unspecified atom stereocenters. The van der Waals surface area contributed by atoms with Gasteiger partial charge in [0.1, 0.15) is 0 Å². The van der Waals surface area contributed by atoms with Crippen LogP contribution in [0, 0.1) is 5.92 Å². The van der Waals surface area contributed by atoms with Crippen LogP contribution in [0.15, 0.2) is 0 Å². The average molecular weight is 269 g/mol. The number of hydrogen-bond donors (Lipinski definition) is 0. The second-order valence-electron chi connectivity index (χ2n) is 5.31. The molecular formula is C14H23NO4. The molecule has 0 saturated carbocycles. The molecular weight excluding hydrogens is 246 g/mol. The second kappa shape index (κ2) is 7.26. The molecule has 5 heteroatoms. The highest BCUT2D eigenvalue weighted by Crippen LogP contribution is 2.19. The van der Waals surface area contributed by atoms with Crippen LogP contribution < -0.4 is 0 Å². The van der Waals surface area contributed by atoms with Gasteiger partial charge in [0, 0.05) is 25.8 Å². The number of carbonyl (C=O) groups is 3. The summed E-state index contributed by atoms with van der Waals surface area (Å²) in [6.07, 6.45) is 2.32. The van der Waals surface area contributed by atoms with Crippen molar-refractivity contribution < 1.29 is 19.1 Å². The van der Waals surface area contributed by atoms with Crippen molar-refractivity contribution in [3.63, 3.8) is 0 Å². The highest BCUT2D eigenvalue weighted by atomic mass is 16.6. The summed E-state index contributed by atoms with van der Waals surface area (Å²) in [5, 5.41) is 0. The first-order valence-corrected chi connectivity index (χ1v) is 6.99. The number of ketones is 1. The summed E-state index contributed by atoms with van der Waals surface area (Å²) in [5.41, 5.74) is 0. The maximum atomic E-state index is 12.1. The molecule has 1 aliphatic heterocycles. The van der Waals surface area contributed by atoms with Gasteiger partial charge in [0.05, 0.1) is 0 Å². The molecule has 0 aromatic heterocycles. The first-order chi connectivity index (χ1) is 8.95. The monoisotopic (exact) mass is 269 g/mol. The maximum absolute atomic E-state index is 12.1. The van der Waals surface area contributed by atoms with E-state index in [9.17, 15) is 14.4 Å². The average Bonchev–Trinajstić information content (AvgIpc) is 2.37. The Balaban J connectivity index is 2.68. The fraction of sp³-hybridized carbons (Fsp3) is 0.786. The molecule has 108 valence electrons. The smallest absolute Gasteiger partial charge is 0.307 e. The van der Waals surface area contributed by atoms with Gasteiger partial charge in [0.2, 0.25) is 5.78 Å². The topological polar surface area (TPSA) is 63.7 Å². The summed E-state index contributed by atoms with van der Waals surface area (Å²) >= 11 is 0. The molecule has 0 bridgehead atoms. The van der Waals surface area contributed by atoms with Gasteiger partial charge in [-0.05, 0) is 18.8 Å². The number of ether oxygens (including phenoxy) is 1. The third-order valence-corrected chi connectivity index (χ3v) is 3.10. The minimum Gasteiger partial charge on any atom is -0.441 e. The van der Waals surface area contributed by atoms with Gasteiger partial charge in [-0.3, -0.25) is 14.4 Å². The number of rotatable bonds is 5. The van der Waals surface area contributed by atoms with Crippen molar-refractivity contribution in [3.05, 3.63) is 0 Å². The van der Waals surface area contributed by atoms with E-state index in [-0.39, 0.29) is 24.7 Å². The van der Waals surface area contributed by atoms with Crippen LogP contribution in [0.5, 0.6) is 0 Å². The largest absolute Gasteiger partial charge is 0.441 e. The molecule has 1 rings (SSSR count). The van der Waals surface area contributed by atoms with Gasteiger partial charge < -0.3 is 9.64 Å². The van der Waals surface area contributed by atoms with Crippen molar-refractivity contribution in [1.29, 1.82) is 0 Å². The Morgan fingerprint density at radius 2 is 1.95 bits per heavy atom. The lowest BCUT2D eigenvalue weighted by Gasteiger charge is -2.34. The summed E-state index contributed by atoms with van der Waals surface area (Å²) < 4.78 is 5.24. The zero-order chi connectivity index (χ0) is 14.4. The standard InChI is InChI=1S/C14H23NO4/c1-4-13(17)19-12-7-5-6-8-15(12)14(18)11(16)9-10(2)3/h10,12H,4-9H2,1-3H3. The quantitative estimate of drug-likeness (QED) is 0.565. The van der Waals surface area contributed by atoms with Gasteiger partial charge in [-0.1, -0.05) is 20.8 Å². The molecule has 19 heavy (non-hydrogen) atoms. The Hall–Kier alpha value is -1.39. The number of amides is 1. The minimum absolute atomic E-state index is 0.151. The van der Waals surface area contributed by atoms with Crippen LogP contribution in [0.2, 0.25) is 0 Å². The molecule has 1 saturated heterocycles. The van der Waals surface area contributed by atoms with E-state index in [0.717, 1.165) is 12.8 Å². The van der Waals surface area contributed by atoms with E-state index in [1.54, 1.807) is 6.92 Å². The highest BCUT2D eigenvalue weighted by Gasteiger charge is 2.32. The summed E-state index contributed by atoms with van der Waals surface area (Å²) in [4.78, 5) is 36.7. The van der Waals surface area contributed by atoms with Gasteiger partial charge in [-0.15, -0.1) is 0 Å². The lowest BCUT2D eigenvalue weighted by Crippen LogP contribution is -2.48. The fourth-order valence-electron chi connectivity index (χ4n) is 2.11. The van der Waals surface area contributed by atoms with Crippen LogP contribution in [-0.2, 0) is 19.1 Å². The zero-order valence-electron chi connectivity index (χ0n) is 12.0. The van der Waals surface area contributed by atoms with E-state index in [1.165, 1.54) is 4.90 Å². The van der Waals surface area contributed by atoms with E-state index in [4.69, 9.17) is 4.74 Å². The van der Waals surface area contributed by atoms with Crippen molar-refractivity contribution in [1.82, 2.24) is 4.90 Å². The number of piperidine rings is 1. The zero-order valence-corrected chi connectivity index (χ0v) is 12.0. The number of hydrogen-bond acceptors (Lipinski definition) is 4. The second-order valence-corrected chi connectivity index (χ2v) is 5.31. The lowest BCUT2D eigenvalue weighted by molar-refractivity contribution is -0.170. The summed E-state index contributed by atoms with van der Waals surface area (Å²) in [7, 11) is 0. The third-order valence-electron chi connectivity index (χ3n) is 3.10. The molecule has 0 N–H and O–H groups in total. The highest BCUT2D eigenvalue weighted by molar-refractivity contribution is 6.36. The van der Waals surface area contributed by atoms with Crippen LogP contribution in [0.25, 0.3) is 0 Å². The van der Waals surface area contributed by atoms with E-state index in [0.29, 0.717) is 13.0 Å². The summed E-state index contributed by atoms with van der Waals surface area (Å²) in [6, 6.07) is 0. The molecule has 1 atom stereocenters. The van der Waals surface area contributed by atoms with Crippen LogP contribution in [0.4, 0.5) is 0 Å². The SMILES string of the molecule is CCC(=O)OC1CCCCN1C(=O)C(=O)CC(C)C. The van der Waals surface area contributed by atoms with Gasteiger partial charge in [-0.2, -0.15) is 0 Å². The Kier molecular flexibility index (Phi) is 5.99. The predicted octanol–water partition coefficient (Wildman–Crippen LogP) is 1.89. The van der Waals surface area contributed by atoms with E-state index in [2.05, 4.69) is 0 Å².